The molecule has 0 aliphatic carbocycles. The van der Waals surface area contributed by atoms with Gasteiger partial charge in [-0.05, 0) is 17.5 Å². The number of fused-ring (bicyclic) bond motifs is 3. The van der Waals surface area contributed by atoms with Crippen molar-refractivity contribution in [2.45, 2.75) is 0 Å². The molecule has 0 fully saturated rings. The fourth-order valence-electron chi connectivity index (χ4n) is 1.94. The average molecular weight is 277 g/mol. The summed E-state index contributed by atoms with van der Waals surface area (Å²) < 4.78 is 0. The highest BCUT2D eigenvalue weighted by Gasteiger charge is 2.00. The molecule has 4 aromatic rings. The lowest BCUT2D eigenvalue weighted by molar-refractivity contribution is 0.960. The highest BCUT2D eigenvalue weighted by molar-refractivity contribution is 6.03. The molecule has 21 heavy (non-hydrogen) atoms. The van der Waals surface area contributed by atoms with E-state index in [4.69, 9.17) is 0 Å². The van der Waals surface area contributed by atoms with Crippen molar-refractivity contribution >= 4 is 21.8 Å². The van der Waals surface area contributed by atoms with Crippen LogP contribution in [0.3, 0.4) is 0 Å². The van der Waals surface area contributed by atoms with Crippen LogP contribution >= 0.6 is 0 Å². The highest BCUT2D eigenvalue weighted by Crippen LogP contribution is 2.21. The van der Waals surface area contributed by atoms with Crippen LogP contribution in [0.5, 0.6) is 0 Å². The topological polar surface area (TPSA) is 84.4 Å². The molecular weight excluding hydrogens is 266 g/mol. The molecule has 2 aromatic heterocycles. The van der Waals surface area contributed by atoms with Crippen LogP contribution < -0.4 is 5.56 Å². The summed E-state index contributed by atoms with van der Waals surface area (Å²) in [4.78, 5) is 10.3. The Labute approximate surface area is 119 Å². The average Bonchev–Trinajstić information content (AvgIpc) is 2.88. The van der Waals surface area contributed by atoms with Gasteiger partial charge in [-0.25, -0.2) is 0 Å². The molecule has 0 spiro atoms. The van der Waals surface area contributed by atoms with Crippen LogP contribution in [-0.2, 0) is 0 Å². The van der Waals surface area contributed by atoms with Gasteiger partial charge >= 0.3 is 0 Å². The van der Waals surface area contributed by atoms with Crippen LogP contribution in [0, 0.1) is 0 Å². The van der Waals surface area contributed by atoms with Gasteiger partial charge in [-0.15, -0.1) is 10.2 Å². The van der Waals surface area contributed by atoms with Gasteiger partial charge in [-0.1, -0.05) is 41.6 Å². The summed E-state index contributed by atoms with van der Waals surface area (Å²) in [6.07, 6.45) is 1.46. The number of H-pyrrole nitrogens is 1. The Bertz CT molecular complexity index is 913. The number of hydrogen-bond donors (Lipinski definition) is 1. The van der Waals surface area contributed by atoms with E-state index in [9.17, 15) is 4.79 Å². The molecule has 0 saturated heterocycles. The Kier molecular flexibility index (Phi) is 3.60. The summed E-state index contributed by atoms with van der Waals surface area (Å²) >= 11 is 0. The zero-order valence-electron chi connectivity index (χ0n) is 11.0. The molecule has 1 N–H and O–H groups in total. The molecule has 102 valence electrons. The molecule has 0 unspecified atom stereocenters. The van der Waals surface area contributed by atoms with Crippen LogP contribution in [0.4, 0.5) is 0 Å². The van der Waals surface area contributed by atoms with Crippen LogP contribution in [0.15, 0.2) is 65.6 Å². The first-order chi connectivity index (χ1) is 10.3. The van der Waals surface area contributed by atoms with E-state index in [1.165, 1.54) is 23.0 Å². The molecule has 0 saturated carbocycles. The molecule has 0 radical (unpaired) electrons. The third-order valence-electron chi connectivity index (χ3n) is 2.89. The van der Waals surface area contributed by atoms with Gasteiger partial charge in [0.2, 0.25) is 0 Å². The molecule has 6 heteroatoms. The monoisotopic (exact) mass is 277 g/mol. The normalized spacial score (nSPS) is 10.1. The van der Waals surface area contributed by atoms with E-state index in [0.717, 1.165) is 11.0 Å². The van der Waals surface area contributed by atoms with Crippen LogP contribution in [0.25, 0.3) is 21.8 Å². The SMILES string of the molecule is O=c1ccccnn1.c1ccc2c(c1)ccc1nn[nH]c12. The van der Waals surface area contributed by atoms with Crippen molar-refractivity contribution in [3.8, 4) is 0 Å². The smallest absolute Gasteiger partial charge is 0.266 e. The third kappa shape index (κ3) is 2.89. The van der Waals surface area contributed by atoms with Gasteiger partial charge in [0.05, 0.1) is 5.52 Å². The van der Waals surface area contributed by atoms with E-state index in [1.54, 1.807) is 12.1 Å². The molecule has 0 atom stereocenters. The Balaban J connectivity index is 0.000000143. The van der Waals surface area contributed by atoms with E-state index in [2.05, 4.69) is 43.8 Å². The highest BCUT2D eigenvalue weighted by atomic mass is 16.1. The molecule has 0 aliphatic heterocycles. The van der Waals surface area contributed by atoms with E-state index in [-0.39, 0.29) is 5.56 Å². The van der Waals surface area contributed by atoms with Crippen molar-refractivity contribution in [3.05, 3.63) is 71.1 Å². The maximum absolute atomic E-state index is 10.3. The van der Waals surface area contributed by atoms with Crippen LogP contribution in [0.1, 0.15) is 0 Å². The fourth-order valence-corrected chi connectivity index (χ4v) is 1.94. The summed E-state index contributed by atoms with van der Waals surface area (Å²) in [6.45, 7) is 0. The molecule has 0 amide bonds. The largest absolute Gasteiger partial charge is 0.288 e. The number of nitrogens with zero attached hydrogens (tertiary/aromatic N) is 4. The maximum atomic E-state index is 10.3. The van der Waals surface area contributed by atoms with Gasteiger partial charge in [-0.2, -0.15) is 5.10 Å². The Hall–Kier alpha value is -3.15. The van der Waals surface area contributed by atoms with Gasteiger partial charge in [0.1, 0.15) is 5.52 Å². The number of benzene rings is 2. The summed E-state index contributed by atoms with van der Waals surface area (Å²) in [6, 6.07) is 16.8. The lowest BCUT2D eigenvalue weighted by Crippen LogP contribution is -1.98. The van der Waals surface area contributed by atoms with Crippen LogP contribution in [0.2, 0.25) is 0 Å². The minimum atomic E-state index is -0.310. The molecular formula is C15H11N5O. The lowest BCUT2D eigenvalue weighted by atomic mass is 10.1. The number of aromatic amines is 1. The molecule has 4 rings (SSSR count). The first kappa shape index (κ1) is 12.9. The molecule has 0 aliphatic rings. The van der Waals surface area contributed by atoms with E-state index < -0.39 is 0 Å². The summed E-state index contributed by atoms with van der Waals surface area (Å²) in [5.41, 5.74) is 1.62. The number of aromatic nitrogens is 5. The Morgan fingerprint density at radius 1 is 0.857 bits per heavy atom. The zero-order valence-corrected chi connectivity index (χ0v) is 11.0. The van der Waals surface area contributed by atoms with Crippen molar-refractivity contribution in [3.63, 3.8) is 0 Å². The maximum Gasteiger partial charge on any atom is 0.288 e. The standard InChI is InChI=1S/C10H7N3.C5H4N2O/c1-2-4-8-7(3-1)5-6-9-10(8)12-13-11-9;8-5-3-1-2-4-6-7-5/h1-6H,(H,11,12,13);1-4H. The van der Waals surface area contributed by atoms with Crippen molar-refractivity contribution in [2.75, 3.05) is 0 Å². The molecule has 2 heterocycles. The fraction of sp³-hybridized carbons (Fsp3) is 0. The first-order valence-corrected chi connectivity index (χ1v) is 6.31. The molecule has 2 aromatic carbocycles. The van der Waals surface area contributed by atoms with Gasteiger partial charge in [0.25, 0.3) is 5.56 Å². The minimum Gasteiger partial charge on any atom is -0.266 e. The molecule has 0 bridgehead atoms. The summed E-state index contributed by atoms with van der Waals surface area (Å²) in [7, 11) is 0. The molecule has 6 nitrogen and oxygen atoms in total. The zero-order chi connectivity index (χ0) is 14.5. The first-order valence-electron chi connectivity index (χ1n) is 6.31. The number of nitrogens with one attached hydrogen (secondary N) is 1. The van der Waals surface area contributed by atoms with Gasteiger partial charge in [0, 0.05) is 17.6 Å². The van der Waals surface area contributed by atoms with Gasteiger partial charge in [-0.3, -0.25) is 9.89 Å². The van der Waals surface area contributed by atoms with Gasteiger partial charge < -0.3 is 0 Å². The lowest BCUT2D eigenvalue weighted by Gasteiger charge is -1.95. The number of hydrogen-bond acceptors (Lipinski definition) is 5. The minimum absolute atomic E-state index is 0.310. The Morgan fingerprint density at radius 3 is 2.67 bits per heavy atom. The van der Waals surface area contributed by atoms with Crippen molar-refractivity contribution in [1.82, 2.24) is 25.6 Å². The van der Waals surface area contributed by atoms with E-state index in [0.29, 0.717) is 0 Å². The number of rotatable bonds is 0. The second kappa shape index (κ2) is 5.87. The Morgan fingerprint density at radius 2 is 1.71 bits per heavy atom. The quantitative estimate of drug-likeness (QED) is 0.531. The second-order valence-electron chi connectivity index (χ2n) is 4.25. The van der Waals surface area contributed by atoms with Crippen molar-refractivity contribution in [1.29, 1.82) is 0 Å². The predicted octanol–water partition coefficient (Wildman–Crippen LogP) is 1.95. The van der Waals surface area contributed by atoms with Crippen molar-refractivity contribution < 1.29 is 0 Å². The van der Waals surface area contributed by atoms with E-state index in [1.807, 2.05) is 18.2 Å². The summed E-state index contributed by atoms with van der Waals surface area (Å²) in [5.74, 6) is 0. The third-order valence-corrected chi connectivity index (χ3v) is 2.89. The van der Waals surface area contributed by atoms with E-state index >= 15 is 0 Å². The predicted molar refractivity (Wildman–Crippen MR) is 79.7 cm³/mol. The second-order valence-corrected chi connectivity index (χ2v) is 4.25. The van der Waals surface area contributed by atoms with Gasteiger partial charge in [0.15, 0.2) is 0 Å². The summed E-state index contributed by atoms with van der Waals surface area (Å²) in [5, 5.41) is 19.6. The van der Waals surface area contributed by atoms with Crippen molar-refractivity contribution in [2.24, 2.45) is 0 Å². The van der Waals surface area contributed by atoms with Crippen LogP contribution in [-0.4, -0.2) is 25.6 Å².